The number of ketones is 1. The summed E-state index contributed by atoms with van der Waals surface area (Å²) in [6.45, 7) is 5.45. The van der Waals surface area contributed by atoms with Crippen molar-refractivity contribution < 1.29 is 23.5 Å². The van der Waals surface area contributed by atoms with Crippen LogP contribution in [0.3, 0.4) is 0 Å². The summed E-state index contributed by atoms with van der Waals surface area (Å²) in [5.41, 5.74) is 2.70. The molecule has 0 N–H and O–H groups in total. The summed E-state index contributed by atoms with van der Waals surface area (Å²) in [5, 5.41) is 8.81. The van der Waals surface area contributed by atoms with Crippen LogP contribution in [0.2, 0.25) is 0 Å². The Labute approximate surface area is 174 Å². The number of aromatic nitrogens is 1. The van der Waals surface area contributed by atoms with Crippen LogP contribution in [0.4, 0.5) is 0 Å². The highest BCUT2D eigenvalue weighted by molar-refractivity contribution is 5.99. The summed E-state index contributed by atoms with van der Waals surface area (Å²) in [4.78, 5) is 24.8. The van der Waals surface area contributed by atoms with E-state index in [2.05, 4.69) is 0 Å². The lowest BCUT2D eigenvalue weighted by atomic mass is 10.1. The van der Waals surface area contributed by atoms with Crippen molar-refractivity contribution in [3.8, 4) is 11.8 Å². The molecule has 0 fully saturated rings. The van der Waals surface area contributed by atoms with Gasteiger partial charge in [0.15, 0.2) is 12.7 Å². The predicted molar refractivity (Wildman–Crippen MR) is 108 cm³/mol. The number of Topliss-reactive ketones (excluding diaryl/α,β-unsaturated/α-hetero) is 1. The molecule has 7 heteroatoms. The van der Waals surface area contributed by atoms with Crippen molar-refractivity contribution in [2.45, 2.75) is 33.4 Å². The van der Waals surface area contributed by atoms with Crippen molar-refractivity contribution in [2.75, 3.05) is 6.61 Å². The fourth-order valence-corrected chi connectivity index (χ4v) is 3.08. The van der Waals surface area contributed by atoms with E-state index in [0.29, 0.717) is 23.4 Å². The van der Waals surface area contributed by atoms with Gasteiger partial charge in [-0.05, 0) is 63.2 Å². The molecule has 0 spiro atoms. The minimum atomic E-state index is -0.892. The highest BCUT2D eigenvalue weighted by Gasteiger charge is 2.21. The molecule has 30 heavy (non-hydrogen) atoms. The lowest BCUT2D eigenvalue weighted by Gasteiger charge is -2.14. The monoisotopic (exact) mass is 406 g/mol. The lowest BCUT2D eigenvalue weighted by molar-refractivity contribution is -0.149. The number of carbonyl (C=O) groups excluding carboxylic acids is 2. The highest BCUT2D eigenvalue weighted by Crippen LogP contribution is 2.19. The van der Waals surface area contributed by atoms with Crippen LogP contribution in [0.5, 0.6) is 5.75 Å². The molecule has 0 saturated heterocycles. The van der Waals surface area contributed by atoms with Gasteiger partial charge in [0.1, 0.15) is 11.5 Å². The normalized spacial score (nSPS) is 11.5. The first-order chi connectivity index (χ1) is 14.4. The zero-order chi connectivity index (χ0) is 21.7. The Kier molecular flexibility index (Phi) is 6.38. The Morgan fingerprint density at radius 1 is 1.20 bits per heavy atom. The molecule has 0 saturated carbocycles. The van der Waals surface area contributed by atoms with Gasteiger partial charge >= 0.3 is 5.97 Å². The van der Waals surface area contributed by atoms with E-state index in [1.807, 2.05) is 36.6 Å². The summed E-state index contributed by atoms with van der Waals surface area (Å²) in [6.07, 6.45) is 0.716. The maximum Gasteiger partial charge on any atom is 0.347 e. The second-order valence-electron chi connectivity index (χ2n) is 6.88. The summed E-state index contributed by atoms with van der Waals surface area (Å²) < 4.78 is 18.0. The van der Waals surface area contributed by atoms with E-state index in [-0.39, 0.29) is 12.4 Å². The zero-order valence-electron chi connectivity index (χ0n) is 17.0. The van der Waals surface area contributed by atoms with E-state index in [1.54, 1.807) is 43.5 Å². The van der Waals surface area contributed by atoms with E-state index in [4.69, 9.17) is 19.2 Å². The number of hydrogen-bond donors (Lipinski definition) is 0. The maximum atomic E-state index is 12.6. The van der Waals surface area contributed by atoms with Gasteiger partial charge in [0.2, 0.25) is 5.78 Å². The number of esters is 1. The van der Waals surface area contributed by atoms with E-state index >= 15 is 0 Å². The Morgan fingerprint density at radius 3 is 2.57 bits per heavy atom. The van der Waals surface area contributed by atoms with Gasteiger partial charge in [-0.2, -0.15) is 5.26 Å². The first kappa shape index (κ1) is 20.9. The van der Waals surface area contributed by atoms with Gasteiger partial charge in [-0.15, -0.1) is 0 Å². The van der Waals surface area contributed by atoms with Crippen LogP contribution in [-0.2, 0) is 16.1 Å². The molecule has 0 aliphatic heterocycles. The molecule has 1 atom stereocenters. The third-order valence-corrected chi connectivity index (χ3v) is 4.74. The molecule has 0 radical (unpaired) electrons. The molecule has 0 aliphatic carbocycles. The zero-order valence-corrected chi connectivity index (χ0v) is 17.0. The van der Waals surface area contributed by atoms with E-state index in [9.17, 15) is 9.59 Å². The van der Waals surface area contributed by atoms with Crippen LogP contribution in [0.1, 0.15) is 40.0 Å². The standard InChI is InChI=1S/C23H22N2O5/c1-15-11-21(16(2)25(15)13-20-5-4-10-28-20)22(26)14-29-23(27)17(3)30-19-8-6-18(12-24)7-9-19/h4-11,17H,13-14H2,1-3H3/t17-/m1/s1. The quantitative estimate of drug-likeness (QED) is 0.417. The molecule has 0 aliphatic rings. The van der Waals surface area contributed by atoms with Crippen LogP contribution in [0.25, 0.3) is 0 Å². The summed E-state index contributed by atoms with van der Waals surface area (Å²) in [6, 6.07) is 13.9. The lowest BCUT2D eigenvalue weighted by Crippen LogP contribution is -2.28. The molecule has 3 rings (SSSR count). The van der Waals surface area contributed by atoms with Crippen LogP contribution < -0.4 is 4.74 Å². The largest absolute Gasteiger partial charge is 0.479 e. The summed E-state index contributed by atoms with van der Waals surface area (Å²) in [7, 11) is 0. The van der Waals surface area contributed by atoms with Gasteiger partial charge in [0.25, 0.3) is 0 Å². The Morgan fingerprint density at radius 2 is 1.93 bits per heavy atom. The molecule has 3 aromatic rings. The minimum absolute atomic E-state index is 0.285. The van der Waals surface area contributed by atoms with Crippen LogP contribution in [0.15, 0.2) is 53.1 Å². The van der Waals surface area contributed by atoms with Crippen LogP contribution >= 0.6 is 0 Å². The molecule has 0 amide bonds. The molecular weight excluding hydrogens is 384 g/mol. The molecule has 0 unspecified atom stereocenters. The van der Waals surface area contributed by atoms with E-state index < -0.39 is 12.1 Å². The molecule has 154 valence electrons. The van der Waals surface area contributed by atoms with Crippen molar-refractivity contribution in [3.63, 3.8) is 0 Å². The average Bonchev–Trinajstić information content (AvgIpc) is 3.36. The predicted octanol–water partition coefficient (Wildman–Crippen LogP) is 3.81. The number of nitriles is 1. The van der Waals surface area contributed by atoms with Gasteiger partial charge in [0.05, 0.1) is 24.4 Å². The number of furan rings is 1. The van der Waals surface area contributed by atoms with Crippen LogP contribution in [-0.4, -0.2) is 29.0 Å². The van der Waals surface area contributed by atoms with Gasteiger partial charge in [-0.3, -0.25) is 4.79 Å². The summed E-state index contributed by atoms with van der Waals surface area (Å²) in [5.74, 6) is 0.298. The van der Waals surface area contributed by atoms with E-state index in [1.165, 1.54) is 0 Å². The van der Waals surface area contributed by atoms with Crippen molar-refractivity contribution >= 4 is 11.8 Å². The highest BCUT2D eigenvalue weighted by atomic mass is 16.6. The van der Waals surface area contributed by atoms with Crippen molar-refractivity contribution in [1.29, 1.82) is 5.26 Å². The van der Waals surface area contributed by atoms with Gasteiger partial charge in [0, 0.05) is 17.0 Å². The second-order valence-corrected chi connectivity index (χ2v) is 6.88. The third-order valence-electron chi connectivity index (χ3n) is 4.74. The minimum Gasteiger partial charge on any atom is -0.479 e. The number of carbonyl (C=O) groups is 2. The first-order valence-corrected chi connectivity index (χ1v) is 9.44. The third kappa shape index (κ3) is 4.78. The number of ether oxygens (including phenoxy) is 2. The first-order valence-electron chi connectivity index (χ1n) is 9.44. The number of benzene rings is 1. The second kappa shape index (κ2) is 9.14. The van der Waals surface area contributed by atoms with Crippen molar-refractivity contribution in [1.82, 2.24) is 4.57 Å². The van der Waals surface area contributed by atoms with Crippen LogP contribution in [0, 0.1) is 25.2 Å². The van der Waals surface area contributed by atoms with E-state index in [0.717, 1.165) is 17.1 Å². The average molecular weight is 406 g/mol. The van der Waals surface area contributed by atoms with Gasteiger partial charge in [-0.1, -0.05) is 0 Å². The smallest absolute Gasteiger partial charge is 0.347 e. The van der Waals surface area contributed by atoms with Crippen molar-refractivity contribution in [2.24, 2.45) is 0 Å². The SMILES string of the molecule is Cc1cc(C(=O)COC(=O)[C@@H](C)Oc2ccc(C#N)cc2)c(C)n1Cc1ccco1. The van der Waals surface area contributed by atoms with Gasteiger partial charge in [-0.25, -0.2) is 4.79 Å². The molecule has 2 aromatic heterocycles. The Bertz CT molecular complexity index is 1070. The molecular formula is C23H22N2O5. The molecule has 7 nitrogen and oxygen atoms in total. The number of aryl methyl sites for hydroxylation is 1. The Balaban J connectivity index is 1.58. The summed E-state index contributed by atoms with van der Waals surface area (Å²) >= 11 is 0. The number of hydrogen-bond acceptors (Lipinski definition) is 6. The molecule has 2 heterocycles. The fraction of sp³-hybridized carbons (Fsp3) is 0.261. The van der Waals surface area contributed by atoms with Crippen molar-refractivity contribution in [3.05, 3.63) is 77.0 Å². The molecule has 0 bridgehead atoms. The number of nitrogens with zero attached hydrogens (tertiary/aromatic N) is 2. The van der Waals surface area contributed by atoms with Gasteiger partial charge < -0.3 is 18.5 Å². The Hall–Kier alpha value is -3.79. The molecule has 1 aromatic carbocycles. The fourth-order valence-electron chi connectivity index (χ4n) is 3.08. The maximum absolute atomic E-state index is 12.6. The number of rotatable bonds is 8. The topological polar surface area (TPSA) is 94.5 Å².